The van der Waals surface area contributed by atoms with Crippen molar-refractivity contribution in [2.24, 2.45) is 5.41 Å². The molecule has 0 aliphatic carbocycles. The maximum absolute atomic E-state index is 11.0. The van der Waals surface area contributed by atoms with E-state index < -0.39 is 11.4 Å². The molecule has 0 spiro atoms. The van der Waals surface area contributed by atoms with Gasteiger partial charge < -0.3 is 9.67 Å². The number of aliphatic carboxylic acids is 1. The van der Waals surface area contributed by atoms with Gasteiger partial charge in [0, 0.05) is 13.1 Å². The number of hydrogen-bond donors (Lipinski definition) is 1. The number of nitrogens with zero attached hydrogens (tertiary/aromatic N) is 4. The quantitative estimate of drug-likeness (QED) is 0.787. The highest BCUT2D eigenvalue weighted by Gasteiger charge is 2.26. The summed E-state index contributed by atoms with van der Waals surface area (Å²) >= 11 is 0. The van der Waals surface area contributed by atoms with Gasteiger partial charge in [0.1, 0.15) is 12.2 Å². The Kier molecular flexibility index (Phi) is 4.19. The molecule has 1 N–H and O–H groups in total. The number of carboxylic acid groups (broad SMARTS) is 1. The molecule has 0 saturated carbocycles. The normalized spacial score (nSPS) is 16.3. The Morgan fingerprint density at radius 2 is 2.21 bits per heavy atom. The number of fused-ring (bicyclic) bond motifs is 1. The Morgan fingerprint density at radius 1 is 1.42 bits per heavy atom. The van der Waals surface area contributed by atoms with Crippen LogP contribution in [-0.2, 0) is 17.9 Å². The van der Waals surface area contributed by atoms with Crippen molar-refractivity contribution < 1.29 is 9.90 Å². The van der Waals surface area contributed by atoms with Gasteiger partial charge in [-0.25, -0.2) is 0 Å². The summed E-state index contributed by atoms with van der Waals surface area (Å²) in [7, 11) is 0. The number of carbonyl (C=O) groups is 1. The highest BCUT2D eigenvalue weighted by Crippen LogP contribution is 2.23. The highest BCUT2D eigenvalue weighted by atomic mass is 16.4. The van der Waals surface area contributed by atoms with E-state index in [-0.39, 0.29) is 0 Å². The van der Waals surface area contributed by atoms with E-state index in [0.717, 1.165) is 51.3 Å². The monoisotopic (exact) mass is 266 g/mol. The zero-order valence-electron chi connectivity index (χ0n) is 11.7. The van der Waals surface area contributed by atoms with Crippen LogP contribution in [0.15, 0.2) is 6.33 Å². The lowest BCUT2D eigenvalue weighted by Gasteiger charge is -2.27. The van der Waals surface area contributed by atoms with Crippen molar-refractivity contribution >= 4 is 5.97 Å². The van der Waals surface area contributed by atoms with E-state index >= 15 is 0 Å². The Bertz CT molecular complexity index is 442. The van der Waals surface area contributed by atoms with Crippen molar-refractivity contribution in [3.8, 4) is 0 Å². The van der Waals surface area contributed by atoms with Crippen LogP contribution in [-0.4, -0.2) is 43.8 Å². The molecule has 106 valence electrons. The van der Waals surface area contributed by atoms with Gasteiger partial charge in [0.15, 0.2) is 0 Å². The third kappa shape index (κ3) is 3.53. The lowest BCUT2D eigenvalue weighted by Crippen LogP contribution is -2.34. The molecule has 0 unspecified atom stereocenters. The summed E-state index contributed by atoms with van der Waals surface area (Å²) in [5, 5.41) is 17.0. The fourth-order valence-corrected chi connectivity index (χ4v) is 2.32. The third-order valence-electron chi connectivity index (χ3n) is 3.82. The van der Waals surface area contributed by atoms with E-state index in [0.29, 0.717) is 0 Å². The van der Waals surface area contributed by atoms with Crippen LogP contribution in [0, 0.1) is 5.41 Å². The molecule has 0 radical (unpaired) electrons. The van der Waals surface area contributed by atoms with E-state index in [1.54, 1.807) is 20.2 Å². The molecular weight excluding hydrogens is 244 g/mol. The van der Waals surface area contributed by atoms with Gasteiger partial charge in [-0.2, -0.15) is 0 Å². The van der Waals surface area contributed by atoms with Crippen molar-refractivity contribution in [3.05, 3.63) is 12.2 Å². The van der Waals surface area contributed by atoms with Crippen LogP contribution in [0.2, 0.25) is 0 Å². The second-order valence-electron chi connectivity index (χ2n) is 5.86. The molecule has 6 heteroatoms. The van der Waals surface area contributed by atoms with Crippen LogP contribution in [0.25, 0.3) is 0 Å². The molecule has 0 saturated heterocycles. The summed E-state index contributed by atoms with van der Waals surface area (Å²) in [5.41, 5.74) is -0.609. The molecular formula is C13H22N4O2. The topological polar surface area (TPSA) is 71.2 Å². The summed E-state index contributed by atoms with van der Waals surface area (Å²) in [6, 6.07) is 0. The fraction of sp³-hybridized carbons (Fsp3) is 0.769. The van der Waals surface area contributed by atoms with E-state index in [4.69, 9.17) is 5.11 Å². The molecule has 6 nitrogen and oxygen atoms in total. The van der Waals surface area contributed by atoms with Crippen LogP contribution in [0.5, 0.6) is 0 Å². The van der Waals surface area contributed by atoms with Gasteiger partial charge in [0.05, 0.1) is 12.0 Å². The highest BCUT2D eigenvalue weighted by molar-refractivity contribution is 5.73. The molecule has 1 aliphatic heterocycles. The SMILES string of the molecule is CC(C)(CCCCN1CCn2cnnc2C1)C(=O)O. The first-order valence-electron chi connectivity index (χ1n) is 6.81. The fourth-order valence-electron chi connectivity index (χ4n) is 2.32. The average molecular weight is 266 g/mol. The van der Waals surface area contributed by atoms with Gasteiger partial charge in [-0.05, 0) is 33.2 Å². The van der Waals surface area contributed by atoms with Gasteiger partial charge in [-0.3, -0.25) is 9.69 Å². The van der Waals surface area contributed by atoms with Gasteiger partial charge in [-0.1, -0.05) is 6.42 Å². The van der Waals surface area contributed by atoms with Crippen molar-refractivity contribution in [2.45, 2.75) is 46.2 Å². The average Bonchev–Trinajstić information content (AvgIpc) is 2.81. The van der Waals surface area contributed by atoms with Crippen molar-refractivity contribution in [1.82, 2.24) is 19.7 Å². The van der Waals surface area contributed by atoms with Gasteiger partial charge in [-0.15, -0.1) is 10.2 Å². The first kappa shape index (κ1) is 14.0. The van der Waals surface area contributed by atoms with E-state index in [2.05, 4.69) is 19.7 Å². The molecule has 19 heavy (non-hydrogen) atoms. The Morgan fingerprint density at radius 3 is 2.95 bits per heavy atom. The molecule has 2 rings (SSSR count). The molecule has 0 fully saturated rings. The summed E-state index contributed by atoms with van der Waals surface area (Å²) < 4.78 is 2.09. The molecule has 0 amide bonds. The second-order valence-corrected chi connectivity index (χ2v) is 5.86. The van der Waals surface area contributed by atoms with Gasteiger partial charge in [0.25, 0.3) is 0 Å². The minimum atomic E-state index is -0.710. The van der Waals surface area contributed by atoms with Crippen molar-refractivity contribution in [2.75, 3.05) is 13.1 Å². The predicted octanol–water partition coefficient (Wildman–Crippen LogP) is 1.37. The first-order valence-corrected chi connectivity index (χ1v) is 6.81. The third-order valence-corrected chi connectivity index (χ3v) is 3.82. The molecule has 1 aromatic rings. The Hall–Kier alpha value is -1.43. The second kappa shape index (κ2) is 5.69. The van der Waals surface area contributed by atoms with Crippen LogP contribution in [0.1, 0.15) is 38.9 Å². The number of rotatable bonds is 6. The minimum absolute atomic E-state index is 0.609. The maximum atomic E-state index is 11.0. The van der Waals surface area contributed by atoms with Crippen LogP contribution >= 0.6 is 0 Å². The van der Waals surface area contributed by atoms with Gasteiger partial charge in [0.2, 0.25) is 0 Å². The van der Waals surface area contributed by atoms with Crippen LogP contribution in [0.4, 0.5) is 0 Å². The standard InChI is InChI=1S/C13H22N4O2/c1-13(2,12(18)19)5-3-4-6-16-7-8-17-10-14-15-11(17)9-16/h10H,3-9H2,1-2H3,(H,18,19). The Labute approximate surface area is 113 Å². The summed E-state index contributed by atoms with van der Waals surface area (Å²) in [5.74, 6) is 0.315. The first-order chi connectivity index (χ1) is 8.99. The van der Waals surface area contributed by atoms with Crippen LogP contribution < -0.4 is 0 Å². The lowest BCUT2D eigenvalue weighted by atomic mass is 9.87. The smallest absolute Gasteiger partial charge is 0.309 e. The molecule has 2 heterocycles. The largest absolute Gasteiger partial charge is 0.481 e. The van der Waals surface area contributed by atoms with Crippen LogP contribution in [0.3, 0.4) is 0 Å². The number of carboxylic acids is 1. The number of aromatic nitrogens is 3. The number of unbranched alkanes of at least 4 members (excludes halogenated alkanes) is 1. The Balaban J connectivity index is 1.69. The summed E-state index contributed by atoms with van der Waals surface area (Å²) in [6.45, 7) is 7.40. The van der Waals surface area contributed by atoms with Crippen molar-refractivity contribution in [1.29, 1.82) is 0 Å². The summed E-state index contributed by atoms with van der Waals surface area (Å²) in [6.07, 6.45) is 4.49. The molecule has 0 bridgehead atoms. The summed E-state index contributed by atoms with van der Waals surface area (Å²) in [4.78, 5) is 13.4. The maximum Gasteiger partial charge on any atom is 0.309 e. The molecule has 0 atom stereocenters. The van der Waals surface area contributed by atoms with E-state index in [1.807, 2.05) is 0 Å². The zero-order chi connectivity index (χ0) is 13.9. The molecule has 1 aliphatic rings. The van der Waals surface area contributed by atoms with Crippen molar-refractivity contribution in [3.63, 3.8) is 0 Å². The van der Waals surface area contributed by atoms with E-state index in [9.17, 15) is 4.79 Å². The molecule has 1 aromatic heterocycles. The predicted molar refractivity (Wildman–Crippen MR) is 70.6 cm³/mol. The van der Waals surface area contributed by atoms with Gasteiger partial charge >= 0.3 is 5.97 Å². The number of hydrogen-bond acceptors (Lipinski definition) is 4. The van der Waals surface area contributed by atoms with E-state index in [1.165, 1.54) is 0 Å². The molecule has 0 aromatic carbocycles. The zero-order valence-corrected chi connectivity index (χ0v) is 11.7. The lowest BCUT2D eigenvalue weighted by molar-refractivity contribution is -0.147. The minimum Gasteiger partial charge on any atom is -0.481 e.